The Hall–Kier alpha value is -2.18. The van der Waals surface area contributed by atoms with E-state index in [0.29, 0.717) is 31.1 Å². The van der Waals surface area contributed by atoms with Gasteiger partial charge in [0.15, 0.2) is 11.6 Å². The minimum Gasteiger partial charge on any atom is -0.478 e. The van der Waals surface area contributed by atoms with Gasteiger partial charge in [-0.2, -0.15) is 0 Å². The van der Waals surface area contributed by atoms with Crippen LogP contribution in [0.5, 0.6) is 0 Å². The molecule has 1 aromatic carbocycles. The Labute approximate surface area is 120 Å². The minimum absolute atomic E-state index is 0.246. The third-order valence-corrected chi connectivity index (χ3v) is 3.48. The van der Waals surface area contributed by atoms with E-state index in [0.717, 1.165) is 12.8 Å². The first kappa shape index (κ1) is 15.2. The quantitative estimate of drug-likeness (QED) is 0.882. The van der Waals surface area contributed by atoms with Crippen LogP contribution in [0, 0.1) is 17.6 Å². The summed E-state index contributed by atoms with van der Waals surface area (Å²) in [6.45, 7) is 3.12. The molecule has 114 valence electrons. The van der Waals surface area contributed by atoms with E-state index >= 15 is 0 Å². The van der Waals surface area contributed by atoms with Crippen LogP contribution < -0.4 is 5.32 Å². The van der Waals surface area contributed by atoms with Gasteiger partial charge in [0.25, 0.3) is 0 Å². The summed E-state index contributed by atoms with van der Waals surface area (Å²) in [4.78, 5) is 24.7. The summed E-state index contributed by atoms with van der Waals surface area (Å²) in [5.74, 6) is -3.55. The summed E-state index contributed by atoms with van der Waals surface area (Å²) in [6.07, 6.45) is 1.88. The number of carbonyl (C=O) groups is 2. The van der Waals surface area contributed by atoms with Crippen molar-refractivity contribution < 1.29 is 23.5 Å². The number of carboxylic acids is 1. The van der Waals surface area contributed by atoms with E-state index in [1.807, 2.05) is 6.92 Å². The number of hydrogen-bond acceptors (Lipinski definition) is 2. The Balaban J connectivity index is 2.20. The molecule has 1 aliphatic rings. The van der Waals surface area contributed by atoms with E-state index in [1.54, 1.807) is 4.90 Å². The second kappa shape index (κ2) is 6.07. The molecule has 1 saturated heterocycles. The predicted octanol–water partition coefficient (Wildman–Crippen LogP) is 2.93. The van der Waals surface area contributed by atoms with Crippen LogP contribution in [0.2, 0.25) is 0 Å². The lowest BCUT2D eigenvalue weighted by Gasteiger charge is -2.31. The molecule has 0 aromatic heterocycles. The summed E-state index contributed by atoms with van der Waals surface area (Å²) in [5.41, 5.74) is -0.725. The van der Waals surface area contributed by atoms with Crippen molar-refractivity contribution in [1.82, 2.24) is 4.90 Å². The monoisotopic (exact) mass is 298 g/mol. The highest BCUT2D eigenvalue weighted by Crippen LogP contribution is 2.22. The van der Waals surface area contributed by atoms with Gasteiger partial charge in [0.2, 0.25) is 0 Å². The van der Waals surface area contributed by atoms with Crippen LogP contribution in [-0.4, -0.2) is 35.1 Å². The largest absolute Gasteiger partial charge is 0.478 e. The molecule has 5 nitrogen and oxygen atoms in total. The molecule has 0 radical (unpaired) electrons. The standard InChI is InChI=1S/C14H16F2N2O3/c1-8-3-2-4-18(7-8)14(21)17-12-6-11(16)10(15)5-9(12)13(19)20/h5-6,8H,2-4,7H2,1H3,(H,17,21)(H,19,20). The lowest BCUT2D eigenvalue weighted by atomic mass is 10.0. The first-order valence-corrected chi connectivity index (χ1v) is 6.66. The molecule has 0 aliphatic carbocycles. The first-order valence-electron chi connectivity index (χ1n) is 6.66. The van der Waals surface area contributed by atoms with Crippen molar-refractivity contribution in [2.24, 2.45) is 5.92 Å². The number of likely N-dealkylation sites (tertiary alicyclic amines) is 1. The summed E-state index contributed by atoms with van der Waals surface area (Å²) < 4.78 is 26.3. The summed E-state index contributed by atoms with van der Waals surface area (Å²) in [6, 6.07) is 0.742. The van der Waals surface area contributed by atoms with E-state index in [-0.39, 0.29) is 5.69 Å². The number of hydrogen-bond donors (Lipinski definition) is 2. The summed E-state index contributed by atoms with van der Waals surface area (Å²) in [7, 11) is 0. The van der Waals surface area contributed by atoms with Gasteiger partial charge in [0, 0.05) is 19.2 Å². The van der Waals surface area contributed by atoms with Crippen LogP contribution in [0.1, 0.15) is 30.1 Å². The summed E-state index contributed by atoms with van der Waals surface area (Å²) in [5, 5.41) is 11.3. The van der Waals surface area contributed by atoms with Crippen LogP contribution in [0.25, 0.3) is 0 Å². The van der Waals surface area contributed by atoms with Crippen molar-refractivity contribution >= 4 is 17.7 Å². The van der Waals surface area contributed by atoms with Gasteiger partial charge in [-0.3, -0.25) is 0 Å². The maximum Gasteiger partial charge on any atom is 0.337 e. The van der Waals surface area contributed by atoms with Crippen molar-refractivity contribution in [3.8, 4) is 0 Å². The Kier molecular flexibility index (Phi) is 4.40. The molecule has 1 aliphatic heterocycles. The van der Waals surface area contributed by atoms with Gasteiger partial charge in [-0.1, -0.05) is 6.92 Å². The zero-order chi connectivity index (χ0) is 15.6. The van der Waals surface area contributed by atoms with Gasteiger partial charge >= 0.3 is 12.0 Å². The van der Waals surface area contributed by atoms with Gasteiger partial charge in [0.05, 0.1) is 11.3 Å². The molecule has 0 bridgehead atoms. The predicted molar refractivity (Wildman–Crippen MR) is 72.3 cm³/mol. The molecule has 21 heavy (non-hydrogen) atoms. The van der Waals surface area contributed by atoms with Gasteiger partial charge in [-0.25, -0.2) is 18.4 Å². The Morgan fingerprint density at radius 1 is 1.33 bits per heavy atom. The molecule has 1 heterocycles. The van der Waals surface area contributed by atoms with Gasteiger partial charge in [-0.05, 0) is 24.8 Å². The minimum atomic E-state index is -1.43. The van der Waals surface area contributed by atoms with E-state index in [2.05, 4.69) is 5.32 Å². The third-order valence-electron chi connectivity index (χ3n) is 3.48. The van der Waals surface area contributed by atoms with Crippen molar-refractivity contribution in [2.45, 2.75) is 19.8 Å². The number of nitrogens with zero attached hydrogens (tertiary/aromatic N) is 1. The fourth-order valence-electron chi connectivity index (χ4n) is 2.40. The molecular formula is C14H16F2N2O3. The molecule has 2 rings (SSSR count). The highest BCUT2D eigenvalue weighted by molar-refractivity contribution is 6.00. The average Bonchev–Trinajstić information content (AvgIpc) is 2.42. The van der Waals surface area contributed by atoms with E-state index in [9.17, 15) is 18.4 Å². The maximum atomic E-state index is 13.2. The average molecular weight is 298 g/mol. The smallest absolute Gasteiger partial charge is 0.337 e. The molecule has 1 aromatic rings. The van der Waals surface area contributed by atoms with Crippen LogP contribution in [0.15, 0.2) is 12.1 Å². The Morgan fingerprint density at radius 2 is 2.00 bits per heavy atom. The normalized spacial score (nSPS) is 18.4. The van der Waals surface area contributed by atoms with E-state index < -0.39 is 29.2 Å². The van der Waals surface area contributed by atoms with Gasteiger partial charge < -0.3 is 15.3 Å². The van der Waals surface area contributed by atoms with Crippen LogP contribution >= 0.6 is 0 Å². The number of amides is 2. The van der Waals surface area contributed by atoms with E-state index in [4.69, 9.17) is 5.11 Å². The van der Waals surface area contributed by atoms with Gasteiger partial charge in [-0.15, -0.1) is 0 Å². The molecule has 0 spiro atoms. The molecule has 0 saturated carbocycles. The number of piperidine rings is 1. The van der Waals surface area contributed by atoms with Crippen LogP contribution in [0.4, 0.5) is 19.3 Å². The van der Waals surface area contributed by atoms with Crippen molar-refractivity contribution in [3.05, 3.63) is 29.3 Å². The number of rotatable bonds is 2. The van der Waals surface area contributed by atoms with Crippen LogP contribution in [0.3, 0.4) is 0 Å². The molecule has 7 heteroatoms. The third kappa shape index (κ3) is 3.48. The lowest BCUT2D eigenvalue weighted by molar-refractivity contribution is 0.0697. The lowest BCUT2D eigenvalue weighted by Crippen LogP contribution is -2.41. The molecule has 1 unspecified atom stereocenters. The molecular weight excluding hydrogens is 282 g/mol. The van der Waals surface area contributed by atoms with Crippen molar-refractivity contribution in [1.29, 1.82) is 0 Å². The fraction of sp³-hybridized carbons (Fsp3) is 0.429. The highest BCUT2D eigenvalue weighted by Gasteiger charge is 2.23. The molecule has 2 amide bonds. The molecule has 2 N–H and O–H groups in total. The second-order valence-electron chi connectivity index (χ2n) is 5.24. The molecule has 1 fully saturated rings. The van der Waals surface area contributed by atoms with Gasteiger partial charge in [0.1, 0.15) is 0 Å². The maximum absolute atomic E-state index is 13.2. The molecule has 1 atom stereocenters. The number of carboxylic acid groups (broad SMARTS) is 1. The zero-order valence-electron chi connectivity index (χ0n) is 11.5. The first-order chi connectivity index (χ1) is 9.88. The van der Waals surface area contributed by atoms with E-state index in [1.165, 1.54) is 0 Å². The topological polar surface area (TPSA) is 69.6 Å². The zero-order valence-corrected chi connectivity index (χ0v) is 11.5. The number of nitrogens with one attached hydrogen (secondary N) is 1. The SMILES string of the molecule is CC1CCCN(C(=O)Nc2cc(F)c(F)cc2C(=O)O)C1. The summed E-state index contributed by atoms with van der Waals surface area (Å²) >= 11 is 0. The second-order valence-corrected chi connectivity index (χ2v) is 5.24. The van der Waals surface area contributed by atoms with Crippen molar-refractivity contribution in [2.75, 3.05) is 18.4 Å². The Morgan fingerprint density at radius 3 is 2.62 bits per heavy atom. The number of carbonyl (C=O) groups excluding carboxylic acids is 1. The fourth-order valence-corrected chi connectivity index (χ4v) is 2.40. The van der Waals surface area contributed by atoms with Crippen molar-refractivity contribution in [3.63, 3.8) is 0 Å². The number of halogens is 2. The Bertz CT molecular complexity index is 578. The van der Waals surface area contributed by atoms with Crippen LogP contribution in [-0.2, 0) is 0 Å². The number of urea groups is 1. The number of benzene rings is 1. The number of anilines is 1. The number of aromatic carboxylic acids is 1. The highest BCUT2D eigenvalue weighted by atomic mass is 19.2.